The highest BCUT2D eigenvalue weighted by Crippen LogP contribution is 2.48. The Kier molecular flexibility index (Phi) is 3.62. The Morgan fingerprint density at radius 3 is 2.25 bits per heavy atom. The molecular weight excluding hydrogens is 297 g/mol. The van der Waals surface area contributed by atoms with E-state index in [1.165, 1.54) is 0 Å². The van der Waals surface area contributed by atoms with E-state index in [1.807, 2.05) is 0 Å². The van der Waals surface area contributed by atoms with Gasteiger partial charge in [-0.15, -0.1) is 0 Å². The van der Waals surface area contributed by atoms with Gasteiger partial charge in [-0.2, -0.15) is 13.2 Å². The first-order valence-electron chi connectivity index (χ1n) is 6.02. The van der Waals surface area contributed by atoms with Gasteiger partial charge in [-0.05, 0) is 30.5 Å². The SMILES string of the molecule is O=C(O)C1(c2cc(Cl)c(O)cc2C(F)(F)F)CCCC1. The molecule has 0 aliphatic heterocycles. The summed E-state index contributed by atoms with van der Waals surface area (Å²) in [6, 6.07) is 1.43. The van der Waals surface area contributed by atoms with E-state index in [9.17, 15) is 28.2 Å². The van der Waals surface area contributed by atoms with E-state index in [0.717, 1.165) is 6.07 Å². The van der Waals surface area contributed by atoms with Gasteiger partial charge in [0.25, 0.3) is 0 Å². The lowest BCUT2D eigenvalue weighted by atomic mass is 9.76. The lowest BCUT2D eigenvalue weighted by Crippen LogP contribution is -2.35. The predicted octanol–water partition coefficient (Wildman–Crippen LogP) is 3.96. The zero-order valence-electron chi connectivity index (χ0n) is 10.3. The molecule has 1 aliphatic rings. The number of carboxylic acids is 1. The number of rotatable bonds is 2. The van der Waals surface area contributed by atoms with Gasteiger partial charge < -0.3 is 10.2 Å². The Morgan fingerprint density at radius 2 is 1.80 bits per heavy atom. The fraction of sp³-hybridized carbons (Fsp3) is 0.462. The van der Waals surface area contributed by atoms with Crippen molar-refractivity contribution in [1.29, 1.82) is 0 Å². The lowest BCUT2D eigenvalue weighted by Gasteiger charge is -2.28. The smallest absolute Gasteiger partial charge is 0.416 e. The Morgan fingerprint density at radius 1 is 1.25 bits per heavy atom. The summed E-state index contributed by atoms with van der Waals surface area (Å²) in [7, 11) is 0. The van der Waals surface area contributed by atoms with Crippen molar-refractivity contribution >= 4 is 17.6 Å². The van der Waals surface area contributed by atoms with E-state index in [4.69, 9.17) is 11.6 Å². The Bertz CT molecular complexity index is 549. The normalized spacial score (nSPS) is 18.2. The summed E-state index contributed by atoms with van der Waals surface area (Å²) in [4.78, 5) is 11.5. The molecule has 0 atom stereocenters. The van der Waals surface area contributed by atoms with Crippen LogP contribution in [0.1, 0.15) is 36.8 Å². The first-order chi connectivity index (χ1) is 9.18. The van der Waals surface area contributed by atoms with Gasteiger partial charge in [0, 0.05) is 0 Å². The molecule has 0 aromatic heterocycles. The molecule has 3 nitrogen and oxygen atoms in total. The topological polar surface area (TPSA) is 57.5 Å². The van der Waals surface area contributed by atoms with Gasteiger partial charge in [0.2, 0.25) is 0 Å². The number of aliphatic carboxylic acids is 1. The van der Waals surface area contributed by atoms with Gasteiger partial charge in [-0.3, -0.25) is 4.79 Å². The minimum absolute atomic E-state index is 0.131. The number of hydrogen-bond donors (Lipinski definition) is 2. The second-order valence-electron chi connectivity index (χ2n) is 4.94. The molecular formula is C13H12ClF3O3. The number of phenols is 1. The Balaban J connectivity index is 2.72. The van der Waals surface area contributed by atoms with Crippen molar-refractivity contribution in [2.75, 3.05) is 0 Å². The van der Waals surface area contributed by atoms with Gasteiger partial charge in [-0.25, -0.2) is 0 Å². The summed E-state index contributed by atoms with van der Waals surface area (Å²) in [5.74, 6) is -2.00. The summed E-state index contributed by atoms with van der Waals surface area (Å²) in [6.07, 6.45) is -3.40. The minimum Gasteiger partial charge on any atom is -0.506 e. The fourth-order valence-electron chi connectivity index (χ4n) is 2.77. The highest BCUT2D eigenvalue weighted by Gasteiger charge is 2.48. The Hall–Kier alpha value is -1.43. The fourth-order valence-corrected chi connectivity index (χ4v) is 2.93. The first-order valence-corrected chi connectivity index (χ1v) is 6.40. The molecule has 110 valence electrons. The molecule has 0 heterocycles. The van der Waals surface area contributed by atoms with Gasteiger partial charge in [0.05, 0.1) is 16.0 Å². The molecule has 0 saturated heterocycles. The third-order valence-electron chi connectivity index (χ3n) is 3.77. The van der Waals surface area contributed by atoms with Crippen LogP contribution in [0.3, 0.4) is 0 Å². The van der Waals surface area contributed by atoms with Crippen LogP contribution in [0.25, 0.3) is 0 Å². The molecule has 0 amide bonds. The summed E-state index contributed by atoms with van der Waals surface area (Å²) in [5, 5.41) is 18.5. The third kappa shape index (κ3) is 2.32. The highest BCUT2D eigenvalue weighted by atomic mass is 35.5. The number of alkyl halides is 3. The quantitative estimate of drug-likeness (QED) is 0.869. The standard InChI is InChI=1S/C13H12ClF3O3/c14-9-5-7(8(6-10(9)18)13(15,16)17)12(11(19)20)3-1-2-4-12/h5-6,18H,1-4H2,(H,19,20). The molecule has 1 aromatic carbocycles. The average molecular weight is 309 g/mol. The highest BCUT2D eigenvalue weighted by molar-refractivity contribution is 6.32. The van der Waals surface area contributed by atoms with Crippen LogP contribution >= 0.6 is 11.6 Å². The summed E-state index contributed by atoms with van der Waals surface area (Å²) < 4.78 is 39.3. The minimum atomic E-state index is -4.75. The number of aromatic hydroxyl groups is 1. The van der Waals surface area contributed by atoms with Crippen molar-refractivity contribution in [2.45, 2.75) is 37.3 Å². The summed E-state index contributed by atoms with van der Waals surface area (Å²) in [5.41, 5.74) is -3.08. The predicted molar refractivity (Wildman–Crippen MR) is 65.9 cm³/mol. The molecule has 1 fully saturated rings. The molecule has 1 aliphatic carbocycles. The van der Waals surface area contributed by atoms with Gasteiger partial charge in [0.1, 0.15) is 5.75 Å². The van der Waals surface area contributed by atoms with Crippen LogP contribution in [0.5, 0.6) is 5.75 Å². The summed E-state index contributed by atoms with van der Waals surface area (Å²) in [6.45, 7) is 0. The van der Waals surface area contributed by atoms with Gasteiger partial charge >= 0.3 is 12.1 Å². The van der Waals surface area contributed by atoms with Crippen LogP contribution in [0.2, 0.25) is 5.02 Å². The van der Waals surface area contributed by atoms with Crippen molar-refractivity contribution in [2.24, 2.45) is 0 Å². The van der Waals surface area contributed by atoms with Crippen molar-refractivity contribution < 1.29 is 28.2 Å². The Labute approximate surface area is 118 Å². The molecule has 0 bridgehead atoms. The largest absolute Gasteiger partial charge is 0.506 e. The van der Waals surface area contributed by atoms with Gasteiger partial charge in [0.15, 0.2) is 0 Å². The number of phenolic OH excluding ortho intramolecular Hbond substituents is 1. The second-order valence-corrected chi connectivity index (χ2v) is 5.35. The van der Waals surface area contributed by atoms with Crippen LogP contribution in [0, 0.1) is 0 Å². The maximum atomic E-state index is 13.1. The van der Waals surface area contributed by atoms with E-state index >= 15 is 0 Å². The van der Waals surface area contributed by atoms with E-state index < -0.39 is 28.9 Å². The molecule has 2 N–H and O–H groups in total. The number of hydrogen-bond acceptors (Lipinski definition) is 2. The van der Waals surface area contributed by atoms with Crippen LogP contribution in [-0.2, 0) is 16.4 Å². The molecule has 0 unspecified atom stereocenters. The first kappa shape index (κ1) is 15.0. The monoisotopic (exact) mass is 308 g/mol. The maximum Gasteiger partial charge on any atom is 0.416 e. The maximum absolute atomic E-state index is 13.1. The molecule has 1 aromatic rings. The number of halogens is 4. The van der Waals surface area contributed by atoms with Crippen molar-refractivity contribution in [3.63, 3.8) is 0 Å². The van der Waals surface area contributed by atoms with Crippen LogP contribution in [0.4, 0.5) is 13.2 Å². The number of benzene rings is 1. The zero-order chi connectivity index (χ0) is 15.1. The lowest BCUT2D eigenvalue weighted by molar-refractivity contribution is -0.146. The van der Waals surface area contributed by atoms with E-state index in [2.05, 4.69) is 0 Å². The molecule has 0 radical (unpaired) electrons. The molecule has 7 heteroatoms. The van der Waals surface area contributed by atoms with Gasteiger partial charge in [-0.1, -0.05) is 24.4 Å². The molecule has 1 saturated carbocycles. The van der Waals surface area contributed by atoms with E-state index in [1.54, 1.807) is 0 Å². The number of carboxylic acid groups (broad SMARTS) is 1. The van der Waals surface area contributed by atoms with Crippen LogP contribution in [0.15, 0.2) is 12.1 Å². The summed E-state index contributed by atoms with van der Waals surface area (Å²) >= 11 is 5.67. The average Bonchev–Trinajstić information content (AvgIpc) is 2.81. The molecule has 2 rings (SSSR count). The van der Waals surface area contributed by atoms with Crippen LogP contribution in [-0.4, -0.2) is 16.2 Å². The van der Waals surface area contributed by atoms with E-state index in [-0.39, 0.29) is 23.4 Å². The van der Waals surface area contributed by atoms with E-state index in [0.29, 0.717) is 18.9 Å². The number of carbonyl (C=O) groups is 1. The molecule has 20 heavy (non-hydrogen) atoms. The third-order valence-corrected chi connectivity index (χ3v) is 4.08. The van der Waals surface area contributed by atoms with Crippen molar-refractivity contribution in [3.8, 4) is 5.75 Å². The van der Waals surface area contributed by atoms with Crippen molar-refractivity contribution in [3.05, 3.63) is 28.3 Å². The molecule has 0 spiro atoms. The van der Waals surface area contributed by atoms with Crippen molar-refractivity contribution in [1.82, 2.24) is 0 Å². The van der Waals surface area contributed by atoms with Crippen LogP contribution < -0.4 is 0 Å². The second kappa shape index (κ2) is 4.84. The zero-order valence-corrected chi connectivity index (χ0v) is 11.1.